The Balaban J connectivity index is 2.13. The molecule has 2 rings (SSSR count). The topological polar surface area (TPSA) is 93.5 Å². The summed E-state index contributed by atoms with van der Waals surface area (Å²) >= 11 is 5.09. The monoisotopic (exact) mass is 445 g/mol. The number of alkyl halides is 4. The number of carbonyl (C=O) groups excluding carboxylic acids is 1. The zero-order chi connectivity index (χ0) is 22.5. The molecule has 0 aliphatic rings. The molecular weight excluding hydrogens is 430 g/mol. The Morgan fingerprint density at radius 1 is 1.17 bits per heavy atom. The van der Waals surface area contributed by atoms with Gasteiger partial charge < -0.3 is 15.4 Å². The summed E-state index contributed by atoms with van der Waals surface area (Å²) in [7, 11) is 0. The van der Waals surface area contributed by atoms with E-state index in [0.29, 0.717) is 11.3 Å². The molecule has 0 aliphatic heterocycles. The van der Waals surface area contributed by atoms with Crippen LogP contribution in [0.15, 0.2) is 42.5 Å². The first-order valence-corrected chi connectivity index (χ1v) is 8.66. The Kier molecular flexibility index (Phi) is 7.27. The molecule has 160 valence electrons. The van der Waals surface area contributed by atoms with Gasteiger partial charge in [0.2, 0.25) is 0 Å². The van der Waals surface area contributed by atoms with Gasteiger partial charge in [0, 0.05) is 23.4 Å². The number of anilines is 2. The number of carbonyl (C=O) groups is 1. The number of thiocarbonyl (C=S) groups is 1. The van der Waals surface area contributed by atoms with Gasteiger partial charge in [-0.1, -0.05) is 0 Å². The highest BCUT2D eigenvalue weighted by Gasteiger charge is 2.41. The number of rotatable bonds is 8. The van der Waals surface area contributed by atoms with Crippen LogP contribution in [-0.4, -0.2) is 34.8 Å². The van der Waals surface area contributed by atoms with Crippen molar-refractivity contribution in [1.82, 2.24) is 0 Å². The van der Waals surface area contributed by atoms with Gasteiger partial charge in [0.05, 0.1) is 16.7 Å². The molecule has 0 bridgehead atoms. The van der Waals surface area contributed by atoms with Crippen LogP contribution in [0.1, 0.15) is 17.3 Å². The van der Waals surface area contributed by atoms with Crippen LogP contribution >= 0.6 is 12.2 Å². The first-order chi connectivity index (χ1) is 14.0. The second-order valence-corrected chi connectivity index (χ2v) is 6.44. The van der Waals surface area contributed by atoms with Gasteiger partial charge in [0.15, 0.2) is 17.5 Å². The van der Waals surface area contributed by atoms with Crippen LogP contribution in [0.2, 0.25) is 0 Å². The lowest BCUT2D eigenvalue weighted by Gasteiger charge is -2.17. The summed E-state index contributed by atoms with van der Waals surface area (Å²) in [6, 6.07) is 9.28. The van der Waals surface area contributed by atoms with E-state index in [1.807, 2.05) is 0 Å². The number of non-ortho nitro benzene ring substituents is 1. The van der Waals surface area contributed by atoms with E-state index in [9.17, 15) is 32.5 Å². The fraction of sp³-hybridized carbons (Fsp3) is 0.222. The van der Waals surface area contributed by atoms with Crippen molar-refractivity contribution in [1.29, 1.82) is 0 Å². The predicted octanol–water partition coefficient (Wildman–Crippen LogP) is 4.89. The Morgan fingerprint density at radius 2 is 1.77 bits per heavy atom. The number of nitro groups is 1. The van der Waals surface area contributed by atoms with Crippen molar-refractivity contribution >= 4 is 40.2 Å². The average Bonchev–Trinajstić information content (AvgIpc) is 2.66. The minimum atomic E-state index is -4.42. The zero-order valence-corrected chi connectivity index (χ0v) is 16.1. The molecular formula is C18H15F4N3O4S. The van der Waals surface area contributed by atoms with Crippen molar-refractivity contribution in [3.05, 3.63) is 58.1 Å². The van der Waals surface area contributed by atoms with Crippen molar-refractivity contribution in [2.24, 2.45) is 0 Å². The third-order valence-corrected chi connectivity index (χ3v) is 3.86. The maximum atomic E-state index is 13.0. The number of hydrogen-bond donors (Lipinski definition) is 2. The summed E-state index contributed by atoms with van der Waals surface area (Å²) in [5.74, 6) is -4.95. The zero-order valence-electron chi connectivity index (χ0n) is 15.3. The van der Waals surface area contributed by atoms with Crippen LogP contribution < -0.4 is 15.4 Å². The van der Waals surface area contributed by atoms with Crippen molar-refractivity contribution in [2.45, 2.75) is 19.3 Å². The highest BCUT2D eigenvalue weighted by atomic mass is 32.1. The molecule has 0 unspecified atom stereocenters. The number of ether oxygens (including phenoxy) is 1. The molecule has 0 heterocycles. The lowest BCUT2D eigenvalue weighted by atomic mass is 10.1. The maximum absolute atomic E-state index is 13.0. The Hall–Kier alpha value is -3.28. The van der Waals surface area contributed by atoms with Crippen LogP contribution in [-0.2, 0) is 0 Å². The molecule has 12 heteroatoms. The van der Waals surface area contributed by atoms with Gasteiger partial charge in [0.1, 0.15) is 5.75 Å². The van der Waals surface area contributed by atoms with Crippen molar-refractivity contribution in [3.63, 3.8) is 0 Å². The molecule has 30 heavy (non-hydrogen) atoms. The number of halogens is 4. The third-order valence-electron chi connectivity index (χ3n) is 3.66. The molecule has 0 amide bonds. The van der Waals surface area contributed by atoms with Crippen LogP contribution in [0.25, 0.3) is 0 Å². The van der Waals surface area contributed by atoms with Gasteiger partial charge in [-0.05, 0) is 43.4 Å². The number of nitrogens with zero attached hydrogens (tertiary/aromatic N) is 1. The molecule has 0 radical (unpaired) electrons. The highest BCUT2D eigenvalue weighted by Crippen LogP contribution is 2.29. The minimum Gasteiger partial charge on any atom is -0.487 e. The largest absolute Gasteiger partial charge is 0.487 e. The Labute approximate surface area is 173 Å². The van der Waals surface area contributed by atoms with Gasteiger partial charge >= 0.3 is 12.3 Å². The molecule has 0 fully saturated rings. The van der Waals surface area contributed by atoms with E-state index >= 15 is 0 Å². The van der Waals surface area contributed by atoms with Crippen LogP contribution in [0, 0.1) is 10.1 Å². The first kappa shape index (κ1) is 23.0. The van der Waals surface area contributed by atoms with Gasteiger partial charge in [-0.15, -0.1) is 0 Å². The van der Waals surface area contributed by atoms with E-state index in [1.165, 1.54) is 6.92 Å². The number of benzene rings is 2. The molecule has 0 atom stereocenters. The second-order valence-electron chi connectivity index (χ2n) is 6.04. The third kappa shape index (κ3) is 6.37. The van der Waals surface area contributed by atoms with Gasteiger partial charge in [-0.25, -0.2) is 8.78 Å². The van der Waals surface area contributed by atoms with Crippen LogP contribution in [0.3, 0.4) is 0 Å². The predicted molar refractivity (Wildman–Crippen MR) is 106 cm³/mol. The molecule has 0 aromatic heterocycles. The molecule has 7 nitrogen and oxygen atoms in total. The summed E-state index contributed by atoms with van der Waals surface area (Å²) in [5.41, 5.74) is 0.484. The smallest absolute Gasteiger partial charge is 0.340 e. The summed E-state index contributed by atoms with van der Waals surface area (Å²) in [6.07, 6.45) is -3.94. The molecule has 2 aromatic rings. The van der Waals surface area contributed by atoms with Crippen molar-refractivity contribution in [2.75, 3.05) is 17.2 Å². The number of ketones is 1. The normalized spacial score (nSPS) is 11.1. The number of Topliss-reactive ketones (excluding diaryl/α,β-unsaturated/α-hetero) is 1. The average molecular weight is 445 g/mol. The van der Waals surface area contributed by atoms with E-state index in [1.54, 1.807) is 24.3 Å². The standard InChI is InChI=1S/C18H15F4N3O4S/c1-10(26)11-2-4-12(5-3-11)23-17(30)24-13-6-14(25(27)28)8-15(7-13)29-9-18(21,22)16(19)20/h2-8,16H,9H2,1H3,(H2,23,24,30). The van der Waals surface area contributed by atoms with Crippen LogP contribution in [0.5, 0.6) is 5.75 Å². The maximum Gasteiger partial charge on any atom is 0.340 e. The molecule has 2 aromatic carbocycles. The highest BCUT2D eigenvalue weighted by molar-refractivity contribution is 7.80. The van der Waals surface area contributed by atoms with Crippen molar-refractivity contribution < 1.29 is 32.0 Å². The summed E-state index contributed by atoms with van der Waals surface area (Å²) < 4.78 is 55.2. The quantitative estimate of drug-likeness (QED) is 0.197. The number of hydrogen-bond acceptors (Lipinski definition) is 5. The Bertz CT molecular complexity index is 955. The summed E-state index contributed by atoms with van der Waals surface area (Å²) in [6.45, 7) is -0.246. The number of nitro benzene ring substituents is 1. The lowest BCUT2D eigenvalue weighted by molar-refractivity contribution is -0.384. The second kappa shape index (κ2) is 9.48. The molecule has 0 aliphatic carbocycles. The SMILES string of the molecule is CC(=O)c1ccc(NC(=S)Nc2cc(OCC(F)(F)C(F)F)cc([N+](=O)[O-])c2)cc1. The fourth-order valence-corrected chi connectivity index (χ4v) is 2.40. The number of nitrogens with one attached hydrogen (secondary N) is 2. The minimum absolute atomic E-state index is 0.00469. The molecule has 0 saturated heterocycles. The van der Waals surface area contributed by atoms with E-state index in [-0.39, 0.29) is 16.6 Å². The summed E-state index contributed by atoms with van der Waals surface area (Å²) in [4.78, 5) is 21.5. The van der Waals surface area contributed by atoms with Crippen LogP contribution in [0.4, 0.5) is 34.6 Å². The van der Waals surface area contributed by atoms with E-state index < -0.39 is 35.3 Å². The van der Waals surface area contributed by atoms with Gasteiger partial charge in [-0.3, -0.25) is 14.9 Å². The summed E-state index contributed by atoms with van der Waals surface area (Å²) in [5, 5.41) is 16.4. The molecule has 0 saturated carbocycles. The van der Waals surface area contributed by atoms with E-state index in [2.05, 4.69) is 15.4 Å². The first-order valence-electron chi connectivity index (χ1n) is 8.25. The van der Waals surface area contributed by atoms with Gasteiger partial charge in [-0.2, -0.15) is 8.78 Å². The van der Waals surface area contributed by atoms with Gasteiger partial charge in [0.25, 0.3) is 5.69 Å². The van der Waals surface area contributed by atoms with E-state index in [4.69, 9.17) is 12.2 Å². The van der Waals surface area contributed by atoms with Crippen molar-refractivity contribution in [3.8, 4) is 5.75 Å². The lowest BCUT2D eigenvalue weighted by Crippen LogP contribution is -2.33. The van der Waals surface area contributed by atoms with E-state index in [0.717, 1.165) is 18.2 Å². The fourth-order valence-electron chi connectivity index (χ4n) is 2.17. The molecule has 0 spiro atoms. The Morgan fingerprint density at radius 3 is 2.30 bits per heavy atom. The molecule has 2 N–H and O–H groups in total.